The van der Waals surface area contributed by atoms with Gasteiger partial charge in [-0.2, -0.15) is 0 Å². The Labute approximate surface area is 150 Å². The van der Waals surface area contributed by atoms with E-state index < -0.39 is 6.10 Å². The Bertz CT molecular complexity index is 427. The number of nitrogens with one attached hydrogen (secondary N) is 3. The number of aliphatic hydroxyl groups excluding tert-OH is 1. The smallest absolute Gasteiger partial charge is 0.315 e. The lowest BCUT2D eigenvalue weighted by atomic mass is 9.94. The first kappa shape index (κ1) is 20.0. The van der Waals surface area contributed by atoms with Crippen LogP contribution in [0.3, 0.4) is 0 Å². The van der Waals surface area contributed by atoms with Crippen molar-refractivity contribution in [3.63, 3.8) is 0 Å². The Balaban J connectivity index is 1.74. The van der Waals surface area contributed by atoms with Gasteiger partial charge in [-0.3, -0.25) is 4.79 Å². The quantitative estimate of drug-likeness (QED) is 0.555. The average molecular weight is 355 g/mol. The lowest BCUT2D eigenvalue weighted by Gasteiger charge is -2.36. The first-order chi connectivity index (χ1) is 12.1. The van der Waals surface area contributed by atoms with E-state index in [9.17, 15) is 14.7 Å². The fourth-order valence-electron chi connectivity index (χ4n) is 3.65. The lowest BCUT2D eigenvalue weighted by Crippen LogP contribution is -2.54. The van der Waals surface area contributed by atoms with Crippen molar-refractivity contribution in [3.8, 4) is 0 Å². The summed E-state index contributed by atoms with van der Waals surface area (Å²) in [4.78, 5) is 24.0. The van der Waals surface area contributed by atoms with Crippen molar-refractivity contribution < 1.29 is 19.4 Å². The SMILES string of the molecule is CCCNC(=O)N[C@H]1CC[C@H](CC(=O)NC2CCCCC2)O[C@H]1CO. The average Bonchev–Trinajstić information content (AvgIpc) is 2.62. The Hall–Kier alpha value is -1.34. The van der Waals surface area contributed by atoms with Gasteiger partial charge in [-0.15, -0.1) is 0 Å². The minimum Gasteiger partial charge on any atom is -0.394 e. The van der Waals surface area contributed by atoms with Crippen molar-refractivity contribution in [3.05, 3.63) is 0 Å². The monoisotopic (exact) mass is 355 g/mol. The number of ether oxygens (including phenoxy) is 1. The first-order valence-corrected chi connectivity index (χ1v) is 9.72. The second-order valence-electron chi connectivity index (χ2n) is 7.17. The van der Waals surface area contributed by atoms with Gasteiger partial charge in [0.2, 0.25) is 5.91 Å². The molecular weight excluding hydrogens is 322 g/mol. The molecule has 0 spiro atoms. The van der Waals surface area contributed by atoms with E-state index in [4.69, 9.17) is 4.74 Å². The van der Waals surface area contributed by atoms with Gasteiger partial charge in [0.1, 0.15) is 6.10 Å². The molecule has 4 N–H and O–H groups in total. The summed E-state index contributed by atoms with van der Waals surface area (Å²) in [5.41, 5.74) is 0. The largest absolute Gasteiger partial charge is 0.394 e. The Kier molecular flexibility index (Phi) is 8.48. The predicted octanol–water partition coefficient (Wildman–Crippen LogP) is 1.44. The minimum absolute atomic E-state index is 0.0284. The maximum absolute atomic E-state index is 12.2. The zero-order valence-electron chi connectivity index (χ0n) is 15.3. The van der Waals surface area contributed by atoms with Crippen LogP contribution in [-0.2, 0) is 9.53 Å². The fraction of sp³-hybridized carbons (Fsp3) is 0.889. The van der Waals surface area contributed by atoms with Crippen LogP contribution in [-0.4, -0.2) is 54.5 Å². The van der Waals surface area contributed by atoms with E-state index >= 15 is 0 Å². The number of urea groups is 1. The van der Waals surface area contributed by atoms with Crippen LogP contribution in [0, 0.1) is 0 Å². The lowest BCUT2D eigenvalue weighted by molar-refractivity contribution is -0.131. The maximum atomic E-state index is 12.2. The molecule has 25 heavy (non-hydrogen) atoms. The molecule has 0 aromatic heterocycles. The molecule has 1 saturated carbocycles. The number of rotatable bonds is 7. The normalized spacial score (nSPS) is 27.5. The molecule has 3 atom stereocenters. The van der Waals surface area contributed by atoms with Crippen LogP contribution in [0.2, 0.25) is 0 Å². The summed E-state index contributed by atoms with van der Waals surface area (Å²) in [6.07, 6.45) is 7.69. The van der Waals surface area contributed by atoms with E-state index in [-0.39, 0.29) is 30.7 Å². The third-order valence-corrected chi connectivity index (χ3v) is 5.03. The molecule has 144 valence electrons. The Morgan fingerprint density at radius 2 is 1.84 bits per heavy atom. The van der Waals surface area contributed by atoms with Crippen molar-refractivity contribution in [2.75, 3.05) is 13.2 Å². The Morgan fingerprint density at radius 3 is 2.52 bits per heavy atom. The highest BCUT2D eigenvalue weighted by molar-refractivity contribution is 5.77. The molecule has 0 unspecified atom stereocenters. The number of hydrogen-bond acceptors (Lipinski definition) is 4. The molecule has 1 heterocycles. The van der Waals surface area contributed by atoms with Gasteiger partial charge < -0.3 is 25.8 Å². The first-order valence-electron chi connectivity index (χ1n) is 9.72. The molecule has 7 nitrogen and oxygen atoms in total. The highest BCUT2D eigenvalue weighted by Gasteiger charge is 2.33. The van der Waals surface area contributed by atoms with Gasteiger partial charge in [0.05, 0.1) is 25.2 Å². The molecule has 3 amide bonds. The van der Waals surface area contributed by atoms with Gasteiger partial charge in [-0.05, 0) is 32.1 Å². The summed E-state index contributed by atoms with van der Waals surface area (Å²) in [5.74, 6) is 0.0284. The summed E-state index contributed by atoms with van der Waals surface area (Å²) in [7, 11) is 0. The summed E-state index contributed by atoms with van der Waals surface area (Å²) < 4.78 is 5.86. The van der Waals surface area contributed by atoms with Crippen molar-refractivity contribution in [1.82, 2.24) is 16.0 Å². The number of amides is 3. The van der Waals surface area contributed by atoms with Gasteiger partial charge in [-0.25, -0.2) is 4.79 Å². The van der Waals surface area contributed by atoms with Gasteiger partial charge in [0.15, 0.2) is 0 Å². The molecule has 0 radical (unpaired) electrons. The molecular formula is C18H33N3O4. The molecule has 0 aromatic carbocycles. The molecule has 7 heteroatoms. The molecule has 1 aliphatic carbocycles. The zero-order chi connectivity index (χ0) is 18.1. The van der Waals surface area contributed by atoms with Crippen molar-refractivity contribution in [2.45, 2.75) is 89.0 Å². The molecule has 0 bridgehead atoms. The number of carbonyl (C=O) groups is 2. The van der Waals surface area contributed by atoms with E-state index in [0.29, 0.717) is 31.8 Å². The third kappa shape index (κ3) is 6.82. The van der Waals surface area contributed by atoms with Crippen LogP contribution in [0.5, 0.6) is 0 Å². The highest BCUT2D eigenvalue weighted by atomic mass is 16.5. The second-order valence-corrected chi connectivity index (χ2v) is 7.17. The molecule has 0 aromatic rings. The van der Waals surface area contributed by atoms with Crippen molar-refractivity contribution >= 4 is 11.9 Å². The van der Waals surface area contributed by atoms with Crippen LogP contribution in [0.4, 0.5) is 4.79 Å². The second kappa shape index (κ2) is 10.6. The Morgan fingerprint density at radius 1 is 1.08 bits per heavy atom. The van der Waals surface area contributed by atoms with Crippen LogP contribution in [0.1, 0.15) is 64.7 Å². The summed E-state index contributed by atoms with van der Waals surface area (Å²) in [6, 6.07) is -0.156. The number of carbonyl (C=O) groups excluding carboxylic acids is 2. The summed E-state index contributed by atoms with van der Waals surface area (Å²) in [6.45, 7) is 2.44. The van der Waals surface area contributed by atoms with Crippen LogP contribution >= 0.6 is 0 Å². The molecule has 2 fully saturated rings. The number of aliphatic hydroxyl groups is 1. The van der Waals surface area contributed by atoms with E-state index in [1.165, 1.54) is 19.3 Å². The molecule has 1 aliphatic heterocycles. The van der Waals surface area contributed by atoms with Crippen LogP contribution in [0.25, 0.3) is 0 Å². The van der Waals surface area contributed by atoms with Gasteiger partial charge in [-0.1, -0.05) is 26.2 Å². The third-order valence-electron chi connectivity index (χ3n) is 5.03. The summed E-state index contributed by atoms with van der Waals surface area (Å²) >= 11 is 0. The molecule has 2 rings (SSSR count). The van der Waals surface area contributed by atoms with Crippen LogP contribution in [0.15, 0.2) is 0 Å². The predicted molar refractivity (Wildman–Crippen MR) is 95.2 cm³/mol. The van der Waals surface area contributed by atoms with Crippen molar-refractivity contribution in [2.24, 2.45) is 0 Å². The molecule has 2 aliphatic rings. The topological polar surface area (TPSA) is 99.7 Å². The maximum Gasteiger partial charge on any atom is 0.315 e. The molecule has 1 saturated heterocycles. The summed E-state index contributed by atoms with van der Waals surface area (Å²) in [5, 5.41) is 18.3. The van der Waals surface area contributed by atoms with Gasteiger partial charge in [0.25, 0.3) is 0 Å². The van der Waals surface area contributed by atoms with E-state index in [1.54, 1.807) is 0 Å². The standard InChI is InChI=1S/C18H33N3O4/c1-2-10-19-18(24)21-15-9-8-14(25-16(15)12-22)11-17(23)20-13-6-4-3-5-7-13/h13-16,22H,2-12H2,1H3,(H,20,23)(H2,19,21,24)/t14-,15+,16+/m1/s1. The fourth-order valence-corrected chi connectivity index (χ4v) is 3.65. The zero-order valence-corrected chi connectivity index (χ0v) is 15.3. The van der Waals surface area contributed by atoms with Crippen molar-refractivity contribution in [1.29, 1.82) is 0 Å². The van der Waals surface area contributed by atoms with Crippen LogP contribution < -0.4 is 16.0 Å². The van der Waals surface area contributed by atoms with E-state index in [2.05, 4.69) is 16.0 Å². The van der Waals surface area contributed by atoms with E-state index in [0.717, 1.165) is 19.3 Å². The minimum atomic E-state index is -0.464. The van der Waals surface area contributed by atoms with Gasteiger partial charge >= 0.3 is 6.03 Å². The van der Waals surface area contributed by atoms with Gasteiger partial charge in [0, 0.05) is 12.6 Å². The number of hydrogen-bond donors (Lipinski definition) is 4. The highest BCUT2D eigenvalue weighted by Crippen LogP contribution is 2.23. The van der Waals surface area contributed by atoms with E-state index in [1.807, 2.05) is 6.92 Å².